The fourth-order valence-electron chi connectivity index (χ4n) is 6.06. The number of hydrogen-bond acceptors (Lipinski definition) is 9. The van der Waals surface area contributed by atoms with Crippen LogP contribution in [0.1, 0.15) is 62.1 Å². The average molecular weight is 601 g/mol. The number of amides is 1. The second kappa shape index (κ2) is 13.7. The standard InChI is InChI=1S/C33H40N6O3S/c1-38-18-14-24(15-19-38)36-31-13-12-23(20-35-31)25-21-43-22-28(25)39-17-7-5-9-27(39)32(41)34-16-6-4-10-29(40)33-37-26-8-2-3-11-30(26)42-33/h2-3,8,11-13,20-22,24,27H,4-7,9-10,14-19H2,1H3,(H,34,41)(H,35,36). The lowest BCUT2D eigenvalue weighted by Crippen LogP contribution is -2.50. The Bertz CT molecular complexity index is 1490. The van der Waals surface area contributed by atoms with E-state index in [1.807, 2.05) is 30.5 Å². The number of Topliss-reactive ketones (excluding diaryl/α,β-unsaturated/α-hetero) is 1. The van der Waals surface area contributed by atoms with Gasteiger partial charge < -0.3 is 24.9 Å². The first-order valence-electron chi connectivity index (χ1n) is 15.5. The molecule has 4 aromatic rings. The number of pyridine rings is 1. The molecule has 3 aromatic heterocycles. The number of likely N-dealkylation sites (tertiary alicyclic amines) is 1. The van der Waals surface area contributed by atoms with E-state index in [2.05, 4.69) is 55.4 Å². The van der Waals surface area contributed by atoms with Crippen LogP contribution in [0.2, 0.25) is 0 Å². The van der Waals surface area contributed by atoms with Crippen LogP contribution in [0.3, 0.4) is 0 Å². The highest BCUT2D eigenvalue weighted by Gasteiger charge is 2.30. The molecule has 226 valence electrons. The first-order chi connectivity index (χ1) is 21.0. The maximum Gasteiger partial charge on any atom is 0.264 e. The number of thiophene rings is 1. The van der Waals surface area contributed by atoms with Gasteiger partial charge in [-0.1, -0.05) is 12.1 Å². The number of piperidine rings is 2. The normalized spacial score (nSPS) is 18.2. The third kappa shape index (κ3) is 7.08. The first kappa shape index (κ1) is 29.3. The molecule has 0 aliphatic carbocycles. The van der Waals surface area contributed by atoms with Crippen LogP contribution in [-0.2, 0) is 4.79 Å². The van der Waals surface area contributed by atoms with Crippen LogP contribution in [-0.4, -0.2) is 71.9 Å². The number of para-hydroxylation sites is 2. The molecule has 2 aliphatic rings. The number of anilines is 2. The Morgan fingerprint density at radius 1 is 1.02 bits per heavy atom. The summed E-state index contributed by atoms with van der Waals surface area (Å²) in [7, 11) is 2.17. The largest absolute Gasteiger partial charge is 0.434 e. The van der Waals surface area contributed by atoms with Gasteiger partial charge in [-0.15, -0.1) is 11.3 Å². The van der Waals surface area contributed by atoms with E-state index in [0.29, 0.717) is 36.5 Å². The van der Waals surface area contributed by atoms with E-state index in [1.165, 1.54) is 0 Å². The van der Waals surface area contributed by atoms with E-state index in [1.54, 1.807) is 11.3 Å². The third-order valence-corrected chi connectivity index (χ3v) is 9.29. The highest BCUT2D eigenvalue weighted by Crippen LogP contribution is 2.37. The molecule has 2 saturated heterocycles. The van der Waals surface area contributed by atoms with E-state index < -0.39 is 0 Å². The number of nitrogens with zero attached hydrogens (tertiary/aromatic N) is 4. The Morgan fingerprint density at radius 2 is 1.88 bits per heavy atom. The monoisotopic (exact) mass is 600 g/mol. The zero-order valence-corrected chi connectivity index (χ0v) is 25.6. The molecule has 10 heteroatoms. The van der Waals surface area contributed by atoms with Crippen molar-refractivity contribution in [2.45, 2.75) is 63.5 Å². The number of aromatic nitrogens is 2. The second-order valence-corrected chi connectivity index (χ2v) is 12.4. The zero-order valence-electron chi connectivity index (χ0n) is 24.8. The minimum atomic E-state index is -0.207. The summed E-state index contributed by atoms with van der Waals surface area (Å²) in [5.41, 5.74) is 4.61. The molecule has 2 N–H and O–H groups in total. The molecule has 6 rings (SSSR count). The van der Waals surface area contributed by atoms with Crippen LogP contribution in [0.4, 0.5) is 11.5 Å². The predicted molar refractivity (Wildman–Crippen MR) is 172 cm³/mol. The Balaban J connectivity index is 1.01. The Morgan fingerprint density at radius 3 is 2.70 bits per heavy atom. The van der Waals surface area contributed by atoms with Crippen LogP contribution in [0, 0.1) is 0 Å². The summed E-state index contributed by atoms with van der Waals surface area (Å²) in [5, 5.41) is 11.1. The Kier molecular flexibility index (Phi) is 9.33. The number of ketones is 1. The van der Waals surface area contributed by atoms with Gasteiger partial charge >= 0.3 is 0 Å². The average Bonchev–Trinajstić information content (AvgIpc) is 3.70. The molecular weight excluding hydrogens is 560 g/mol. The molecule has 1 unspecified atom stereocenters. The van der Waals surface area contributed by atoms with Crippen molar-refractivity contribution in [2.24, 2.45) is 0 Å². The van der Waals surface area contributed by atoms with Gasteiger partial charge in [0.2, 0.25) is 11.7 Å². The summed E-state index contributed by atoms with van der Waals surface area (Å²) < 4.78 is 5.59. The number of fused-ring (bicyclic) bond motifs is 1. The van der Waals surface area contributed by atoms with Crippen molar-refractivity contribution >= 4 is 45.6 Å². The van der Waals surface area contributed by atoms with Gasteiger partial charge in [0.25, 0.3) is 5.89 Å². The van der Waals surface area contributed by atoms with Crippen LogP contribution < -0.4 is 15.5 Å². The van der Waals surface area contributed by atoms with Crippen molar-refractivity contribution in [1.29, 1.82) is 0 Å². The maximum atomic E-state index is 13.4. The summed E-state index contributed by atoms with van der Waals surface area (Å²) in [6.45, 7) is 3.61. The van der Waals surface area contributed by atoms with E-state index in [9.17, 15) is 9.59 Å². The van der Waals surface area contributed by atoms with Crippen molar-refractivity contribution in [3.8, 4) is 11.1 Å². The SMILES string of the molecule is CN1CCC(Nc2ccc(-c3cscc3N3CCCCC3C(=O)NCCCCC(=O)c3nc4ccccc4o3)cn2)CC1. The first-order valence-corrected chi connectivity index (χ1v) is 16.4. The number of rotatable bonds is 11. The van der Waals surface area contributed by atoms with Crippen LogP contribution >= 0.6 is 11.3 Å². The quantitative estimate of drug-likeness (QED) is 0.160. The summed E-state index contributed by atoms with van der Waals surface area (Å²) in [5.74, 6) is 1.03. The molecule has 1 atom stereocenters. The summed E-state index contributed by atoms with van der Waals surface area (Å²) in [4.78, 5) is 39.6. The molecule has 43 heavy (non-hydrogen) atoms. The van der Waals surface area contributed by atoms with Crippen LogP contribution in [0.5, 0.6) is 0 Å². The number of carbonyl (C=O) groups is 2. The van der Waals surface area contributed by atoms with Gasteiger partial charge in [0.15, 0.2) is 5.58 Å². The summed E-state index contributed by atoms with van der Waals surface area (Å²) in [6, 6.07) is 11.8. The van der Waals surface area contributed by atoms with E-state index in [4.69, 9.17) is 9.40 Å². The number of benzene rings is 1. The molecule has 9 nitrogen and oxygen atoms in total. The maximum absolute atomic E-state index is 13.4. The lowest BCUT2D eigenvalue weighted by atomic mass is 9.99. The fraction of sp³-hybridized carbons (Fsp3) is 0.455. The Labute approximate surface area is 256 Å². The van der Waals surface area contributed by atoms with Crippen molar-refractivity contribution in [3.05, 3.63) is 59.2 Å². The van der Waals surface area contributed by atoms with Gasteiger partial charge in [0.1, 0.15) is 17.4 Å². The predicted octanol–water partition coefficient (Wildman–Crippen LogP) is 5.99. The smallest absolute Gasteiger partial charge is 0.264 e. The van der Waals surface area contributed by atoms with E-state index >= 15 is 0 Å². The van der Waals surface area contributed by atoms with Crippen molar-refractivity contribution in [1.82, 2.24) is 20.2 Å². The highest BCUT2D eigenvalue weighted by molar-refractivity contribution is 7.08. The second-order valence-electron chi connectivity index (χ2n) is 11.7. The summed E-state index contributed by atoms with van der Waals surface area (Å²) in [6.07, 6.45) is 8.86. The molecule has 2 aliphatic heterocycles. The third-order valence-electron chi connectivity index (χ3n) is 8.56. The van der Waals surface area contributed by atoms with Gasteiger partial charge in [0, 0.05) is 53.6 Å². The van der Waals surface area contributed by atoms with Gasteiger partial charge in [-0.3, -0.25) is 9.59 Å². The van der Waals surface area contributed by atoms with E-state index in [-0.39, 0.29) is 23.6 Å². The van der Waals surface area contributed by atoms with Gasteiger partial charge in [-0.25, -0.2) is 9.97 Å². The number of hydrogen-bond donors (Lipinski definition) is 2. The van der Waals surface area contributed by atoms with Gasteiger partial charge in [-0.2, -0.15) is 0 Å². The highest BCUT2D eigenvalue weighted by atomic mass is 32.1. The van der Waals surface area contributed by atoms with Crippen molar-refractivity contribution in [2.75, 3.05) is 43.4 Å². The molecular formula is C33H40N6O3S. The molecule has 1 amide bonds. The topological polar surface area (TPSA) is 104 Å². The number of unbranched alkanes of at least 4 members (excludes halogenated alkanes) is 1. The fourth-order valence-corrected chi connectivity index (χ4v) is 6.91. The van der Waals surface area contributed by atoms with E-state index in [0.717, 1.165) is 80.8 Å². The molecule has 0 bridgehead atoms. The van der Waals surface area contributed by atoms with Crippen molar-refractivity contribution in [3.63, 3.8) is 0 Å². The zero-order chi connectivity index (χ0) is 29.6. The van der Waals surface area contributed by atoms with Crippen molar-refractivity contribution < 1.29 is 14.0 Å². The van der Waals surface area contributed by atoms with Crippen LogP contribution in [0.15, 0.2) is 57.8 Å². The number of oxazole rings is 1. The number of nitrogens with one attached hydrogen (secondary N) is 2. The van der Waals surface area contributed by atoms with Gasteiger partial charge in [-0.05, 0) is 89.3 Å². The lowest BCUT2D eigenvalue weighted by molar-refractivity contribution is -0.122. The molecule has 2 fully saturated rings. The Hall–Kier alpha value is -3.76. The molecule has 5 heterocycles. The molecule has 0 saturated carbocycles. The minimum absolute atomic E-state index is 0.0536. The molecule has 0 radical (unpaired) electrons. The molecule has 1 aromatic carbocycles. The minimum Gasteiger partial charge on any atom is -0.434 e. The number of carbonyl (C=O) groups excluding carboxylic acids is 2. The molecule has 0 spiro atoms. The van der Waals surface area contributed by atoms with Crippen LogP contribution in [0.25, 0.3) is 22.2 Å². The van der Waals surface area contributed by atoms with Gasteiger partial charge in [0.05, 0.1) is 5.69 Å². The summed E-state index contributed by atoms with van der Waals surface area (Å²) >= 11 is 1.66. The lowest BCUT2D eigenvalue weighted by Gasteiger charge is -2.36.